The molecule has 2 N–H and O–H groups in total. The highest BCUT2D eigenvalue weighted by Gasteiger charge is 2.13. The van der Waals surface area contributed by atoms with Crippen molar-refractivity contribution in [3.05, 3.63) is 55.2 Å². The van der Waals surface area contributed by atoms with Crippen LogP contribution in [0.1, 0.15) is 12.5 Å². The average molecular weight is 422 g/mol. The number of azide groups is 1. The lowest BCUT2D eigenvalue weighted by Gasteiger charge is -2.07. The van der Waals surface area contributed by atoms with Gasteiger partial charge in [0.2, 0.25) is 0 Å². The Morgan fingerprint density at radius 3 is 2.43 bits per heavy atom. The largest absolute Gasteiger partial charge is 0.506 e. The van der Waals surface area contributed by atoms with Gasteiger partial charge in [0.15, 0.2) is 0 Å². The molecule has 2 aromatic rings. The summed E-state index contributed by atoms with van der Waals surface area (Å²) in [6.45, 7) is 4.18. The van der Waals surface area contributed by atoms with E-state index >= 15 is 0 Å². The summed E-state index contributed by atoms with van der Waals surface area (Å²) in [6, 6.07) is 4.90. The Hall–Kier alpha value is -3.05. The Morgan fingerprint density at radius 1 is 1.10 bits per heavy atom. The van der Waals surface area contributed by atoms with E-state index in [-0.39, 0.29) is 31.1 Å². The van der Waals surface area contributed by atoms with Gasteiger partial charge in [-0.3, -0.25) is 0 Å². The highest BCUT2D eigenvalue weighted by atomic mass is 16.5. The second-order valence-corrected chi connectivity index (χ2v) is 6.15. The lowest BCUT2D eigenvalue weighted by molar-refractivity contribution is 0.0143. The fraction of sp³-hybridized carbons (Fsp3) is 0.556. The molecule has 1 heterocycles. The second-order valence-electron chi connectivity index (χ2n) is 6.15. The summed E-state index contributed by atoms with van der Waals surface area (Å²) in [6.07, 6.45) is 0.727. The van der Waals surface area contributed by atoms with Crippen molar-refractivity contribution in [3.63, 3.8) is 0 Å². The van der Waals surface area contributed by atoms with E-state index in [4.69, 9.17) is 19.7 Å². The first-order chi connectivity index (χ1) is 14.6. The predicted octanol–water partition coefficient (Wildman–Crippen LogP) is 0.955. The van der Waals surface area contributed by atoms with Gasteiger partial charge >= 0.3 is 11.4 Å². The highest BCUT2D eigenvalue weighted by Crippen LogP contribution is 2.20. The molecule has 0 bridgehead atoms. The molecule has 12 nitrogen and oxygen atoms in total. The van der Waals surface area contributed by atoms with Crippen molar-refractivity contribution < 1.29 is 19.3 Å². The quantitative estimate of drug-likeness (QED) is 0.200. The molecule has 0 radical (unpaired) electrons. The molecular weight excluding hydrogens is 396 g/mol. The first-order valence-electron chi connectivity index (χ1n) is 9.56. The summed E-state index contributed by atoms with van der Waals surface area (Å²) in [4.78, 5) is 27.3. The average Bonchev–Trinajstić information content (AvgIpc) is 3.03. The Kier molecular flexibility index (Phi) is 9.68. The number of nitrogens with zero attached hydrogens (tertiary/aromatic N) is 5. The lowest BCUT2D eigenvalue weighted by Crippen LogP contribution is -2.30. The first kappa shape index (κ1) is 23.2. The molecule has 0 spiro atoms. The van der Waals surface area contributed by atoms with Crippen molar-refractivity contribution in [1.29, 1.82) is 0 Å². The van der Waals surface area contributed by atoms with Crippen molar-refractivity contribution in [2.75, 3.05) is 46.2 Å². The van der Waals surface area contributed by atoms with Gasteiger partial charge in [0, 0.05) is 11.5 Å². The van der Waals surface area contributed by atoms with Crippen molar-refractivity contribution in [3.8, 4) is 11.4 Å². The molecule has 2 rings (SSSR count). The number of ether oxygens (including phenoxy) is 3. The molecule has 30 heavy (non-hydrogen) atoms. The van der Waals surface area contributed by atoms with Crippen molar-refractivity contribution in [1.82, 2.24) is 14.3 Å². The van der Waals surface area contributed by atoms with Crippen LogP contribution in [0.4, 0.5) is 0 Å². The standard InChI is InChI=1S/C18H26N6O6/c1-2-14-3-4-16(25)15(13-14)24-18(27)23(17(26)21-24)6-8-29-10-12-30-11-9-28-7-5-20-22-19/h3-4,13,25H,2,5-12H2,1H3,(H,21,26). The maximum Gasteiger partial charge on any atom is 0.351 e. The van der Waals surface area contributed by atoms with E-state index in [0.29, 0.717) is 33.0 Å². The number of benzene rings is 1. The minimum Gasteiger partial charge on any atom is -0.506 e. The second kappa shape index (κ2) is 12.5. The lowest BCUT2D eigenvalue weighted by atomic mass is 10.1. The van der Waals surface area contributed by atoms with Crippen molar-refractivity contribution >= 4 is 0 Å². The number of H-pyrrole nitrogens is 1. The normalized spacial score (nSPS) is 10.8. The van der Waals surface area contributed by atoms with Gasteiger partial charge in [0.25, 0.3) is 0 Å². The maximum atomic E-state index is 12.5. The number of phenolic OH excluding ortho intramolecular Hbond substituents is 1. The molecule has 0 saturated heterocycles. The smallest absolute Gasteiger partial charge is 0.351 e. The van der Waals surface area contributed by atoms with Crippen LogP contribution in [-0.2, 0) is 27.2 Å². The number of rotatable bonds is 14. The number of nitrogens with one attached hydrogen (secondary N) is 1. The summed E-state index contributed by atoms with van der Waals surface area (Å²) >= 11 is 0. The van der Waals surface area contributed by atoms with Gasteiger partial charge in [-0.1, -0.05) is 18.1 Å². The third-order valence-corrected chi connectivity index (χ3v) is 4.17. The zero-order valence-corrected chi connectivity index (χ0v) is 16.8. The monoisotopic (exact) mass is 422 g/mol. The number of phenols is 1. The summed E-state index contributed by atoms with van der Waals surface area (Å²) in [7, 11) is 0. The summed E-state index contributed by atoms with van der Waals surface area (Å²) in [5.41, 5.74) is 8.10. The molecule has 0 amide bonds. The third kappa shape index (κ3) is 6.78. The van der Waals surface area contributed by atoms with E-state index < -0.39 is 11.4 Å². The molecule has 0 aliphatic rings. The van der Waals surface area contributed by atoms with Gasteiger partial charge in [-0.15, -0.1) is 0 Å². The summed E-state index contributed by atoms with van der Waals surface area (Å²) in [5.74, 6) is -0.0992. The Morgan fingerprint density at radius 2 is 1.77 bits per heavy atom. The van der Waals surface area contributed by atoms with Crippen LogP contribution in [0, 0.1) is 0 Å². The SMILES string of the molecule is CCc1ccc(O)c(-n2[nH]c(=O)n(CCOCCOCCOCCN=[N+]=[N-])c2=O)c1. The fourth-order valence-corrected chi connectivity index (χ4v) is 2.59. The Labute approximate surface area is 172 Å². The predicted molar refractivity (Wildman–Crippen MR) is 108 cm³/mol. The van der Waals surface area contributed by atoms with E-state index in [1.54, 1.807) is 12.1 Å². The fourth-order valence-electron chi connectivity index (χ4n) is 2.59. The maximum absolute atomic E-state index is 12.5. The first-order valence-corrected chi connectivity index (χ1v) is 9.56. The number of aryl methyl sites for hydroxylation is 1. The van der Waals surface area contributed by atoms with Gasteiger partial charge in [-0.2, -0.15) is 4.68 Å². The van der Waals surface area contributed by atoms with E-state index in [1.165, 1.54) is 6.07 Å². The molecule has 0 aliphatic carbocycles. The molecule has 0 fully saturated rings. The van der Waals surface area contributed by atoms with E-state index in [2.05, 4.69) is 15.1 Å². The number of hydrogen-bond donors (Lipinski definition) is 2. The van der Waals surface area contributed by atoms with Gasteiger partial charge in [0.05, 0.1) is 46.2 Å². The van der Waals surface area contributed by atoms with Gasteiger partial charge < -0.3 is 19.3 Å². The number of aromatic amines is 1. The van der Waals surface area contributed by atoms with Gasteiger partial charge in [0.1, 0.15) is 11.4 Å². The molecule has 0 unspecified atom stereocenters. The van der Waals surface area contributed by atoms with E-state index in [0.717, 1.165) is 21.2 Å². The number of aromatic hydroxyl groups is 1. The summed E-state index contributed by atoms with van der Waals surface area (Å²) < 4.78 is 17.9. The van der Waals surface area contributed by atoms with Crippen molar-refractivity contribution in [2.45, 2.75) is 19.9 Å². The van der Waals surface area contributed by atoms with Crippen LogP contribution in [0.2, 0.25) is 0 Å². The van der Waals surface area contributed by atoms with E-state index in [9.17, 15) is 14.7 Å². The van der Waals surface area contributed by atoms with Crippen LogP contribution in [0.15, 0.2) is 32.9 Å². The molecule has 12 heteroatoms. The number of hydrogen-bond acceptors (Lipinski definition) is 7. The molecule has 0 saturated carbocycles. The minimum atomic E-state index is -0.584. The van der Waals surface area contributed by atoms with Crippen LogP contribution in [0.3, 0.4) is 0 Å². The van der Waals surface area contributed by atoms with Crippen LogP contribution in [0.25, 0.3) is 16.1 Å². The molecule has 1 aromatic heterocycles. The Balaban J connectivity index is 1.75. The third-order valence-electron chi connectivity index (χ3n) is 4.17. The summed E-state index contributed by atoms with van der Waals surface area (Å²) in [5, 5.41) is 15.8. The van der Waals surface area contributed by atoms with E-state index in [1.807, 2.05) is 6.92 Å². The number of aromatic nitrogens is 3. The van der Waals surface area contributed by atoms with Crippen molar-refractivity contribution in [2.24, 2.45) is 5.11 Å². The molecular formula is C18H26N6O6. The Bertz CT molecular complexity index is 959. The van der Waals surface area contributed by atoms with Crippen LogP contribution in [-0.4, -0.2) is 65.6 Å². The zero-order valence-electron chi connectivity index (χ0n) is 16.8. The topological polar surface area (TPSA) is 156 Å². The zero-order chi connectivity index (χ0) is 21.8. The minimum absolute atomic E-state index is 0.0674. The molecule has 1 aromatic carbocycles. The molecule has 164 valence electrons. The molecule has 0 aliphatic heterocycles. The highest BCUT2D eigenvalue weighted by molar-refractivity contribution is 5.47. The van der Waals surface area contributed by atoms with Gasteiger partial charge in [-0.25, -0.2) is 19.3 Å². The van der Waals surface area contributed by atoms with Crippen LogP contribution >= 0.6 is 0 Å². The molecule has 0 atom stereocenters. The van der Waals surface area contributed by atoms with Crippen LogP contribution < -0.4 is 11.4 Å². The van der Waals surface area contributed by atoms with Gasteiger partial charge in [-0.05, 0) is 29.6 Å². The van der Waals surface area contributed by atoms with Crippen LogP contribution in [0.5, 0.6) is 5.75 Å².